The minimum atomic E-state index is 0.130. The van der Waals surface area contributed by atoms with Gasteiger partial charge >= 0.3 is 0 Å². The van der Waals surface area contributed by atoms with Crippen LogP contribution in [0.15, 0.2) is 0 Å². The molecule has 0 spiro atoms. The summed E-state index contributed by atoms with van der Waals surface area (Å²) >= 11 is 0. The van der Waals surface area contributed by atoms with Gasteiger partial charge in [0.2, 0.25) is 0 Å². The zero-order valence-corrected chi connectivity index (χ0v) is 6.08. The second-order valence-electron chi connectivity index (χ2n) is 2.47. The molecule has 1 heterocycles. The summed E-state index contributed by atoms with van der Waals surface area (Å²) in [4.78, 5) is 10.1. The maximum atomic E-state index is 10.1. The fourth-order valence-electron chi connectivity index (χ4n) is 1.18. The van der Waals surface area contributed by atoms with Crippen LogP contribution in [0.2, 0.25) is 0 Å². The Kier molecular flexibility index (Phi) is 2.83. The summed E-state index contributed by atoms with van der Waals surface area (Å²) in [6.07, 6.45) is 1.61. The van der Waals surface area contributed by atoms with E-state index in [0.29, 0.717) is 19.6 Å². The fourth-order valence-corrected chi connectivity index (χ4v) is 1.18. The topological polar surface area (TPSA) is 35.5 Å². The normalized spacial score (nSPS) is 32.5. The third-order valence-electron chi connectivity index (χ3n) is 1.84. The van der Waals surface area contributed by atoms with Gasteiger partial charge in [0.25, 0.3) is 0 Å². The third-order valence-corrected chi connectivity index (χ3v) is 1.84. The molecule has 0 aromatic carbocycles. The first-order valence-corrected chi connectivity index (χ1v) is 3.42. The Morgan fingerprint density at radius 1 is 1.70 bits per heavy atom. The van der Waals surface area contributed by atoms with Crippen LogP contribution in [0.5, 0.6) is 0 Å². The van der Waals surface area contributed by atoms with Gasteiger partial charge in [0.1, 0.15) is 6.29 Å². The van der Waals surface area contributed by atoms with Crippen LogP contribution in [0, 0.1) is 5.92 Å². The van der Waals surface area contributed by atoms with Gasteiger partial charge in [-0.05, 0) is 0 Å². The molecule has 0 radical (unpaired) electrons. The lowest BCUT2D eigenvalue weighted by Crippen LogP contribution is -2.20. The Balaban J connectivity index is 2.34. The molecular formula is C7H12O3. The molecule has 1 saturated heterocycles. The largest absolute Gasteiger partial charge is 0.379 e. The summed E-state index contributed by atoms with van der Waals surface area (Å²) in [6.45, 7) is 1.30. The van der Waals surface area contributed by atoms with E-state index in [1.54, 1.807) is 7.11 Å². The molecule has 3 heteroatoms. The van der Waals surface area contributed by atoms with E-state index in [4.69, 9.17) is 9.47 Å². The third kappa shape index (κ3) is 1.55. The Morgan fingerprint density at radius 2 is 2.50 bits per heavy atom. The van der Waals surface area contributed by atoms with Gasteiger partial charge in [-0.25, -0.2) is 0 Å². The first kappa shape index (κ1) is 7.69. The molecule has 1 aliphatic rings. The highest BCUT2D eigenvalue weighted by molar-refractivity contribution is 5.50. The van der Waals surface area contributed by atoms with E-state index in [2.05, 4.69) is 0 Å². The van der Waals surface area contributed by atoms with Gasteiger partial charge in [0.05, 0.1) is 19.3 Å². The summed E-state index contributed by atoms with van der Waals surface area (Å²) in [7, 11) is 1.65. The monoisotopic (exact) mass is 144 g/mol. The number of carbonyl (C=O) groups is 1. The first-order chi connectivity index (χ1) is 4.88. The molecule has 0 aromatic rings. The van der Waals surface area contributed by atoms with E-state index in [-0.39, 0.29) is 12.0 Å². The number of methoxy groups -OCH3 is 1. The predicted molar refractivity (Wildman–Crippen MR) is 35.8 cm³/mol. The van der Waals surface area contributed by atoms with Crippen LogP contribution in [-0.2, 0) is 14.3 Å². The van der Waals surface area contributed by atoms with Crippen molar-refractivity contribution in [2.75, 3.05) is 20.3 Å². The van der Waals surface area contributed by atoms with Crippen molar-refractivity contribution in [1.29, 1.82) is 0 Å². The van der Waals surface area contributed by atoms with Crippen molar-refractivity contribution < 1.29 is 14.3 Å². The molecule has 0 N–H and O–H groups in total. The van der Waals surface area contributed by atoms with E-state index in [9.17, 15) is 4.79 Å². The van der Waals surface area contributed by atoms with E-state index < -0.39 is 0 Å². The molecule has 2 atom stereocenters. The minimum Gasteiger partial charge on any atom is -0.379 e. The number of aldehydes is 1. The molecule has 3 nitrogen and oxygen atoms in total. The van der Waals surface area contributed by atoms with E-state index in [0.717, 1.165) is 6.29 Å². The fraction of sp³-hybridized carbons (Fsp3) is 0.857. The van der Waals surface area contributed by atoms with Gasteiger partial charge in [-0.1, -0.05) is 0 Å². The summed E-state index contributed by atoms with van der Waals surface area (Å²) in [5.41, 5.74) is 0. The molecule has 1 aliphatic heterocycles. The molecule has 0 aromatic heterocycles. The second kappa shape index (κ2) is 3.68. The second-order valence-corrected chi connectivity index (χ2v) is 2.47. The van der Waals surface area contributed by atoms with Gasteiger partial charge in [-0.2, -0.15) is 0 Å². The van der Waals surface area contributed by atoms with Crippen molar-refractivity contribution in [3.8, 4) is 0 Å². The Bertz CT molecular complexity index is 113. The zero-order chi connectivity index (χ0) is 7.40. The molecule has 0 saturated carbocycles. The van der Waals surface area contributed by atoms with Crippen molar-refractivity contribution in [1.82, 2.24) is 0 Å². The molecule has 58 valence electrons. The smallest absolute Gasteiger partial charge is 0.120 e. The van der Waals surface area contributed by atoms with Crippen molar-refractivity contribution in [2.24, 2.45) is 5.92 Å². The number of hydrogen-bond acceptors (Lipinski definition) is 3. The summed E-state index contributed by atoms with van der Waals surface area (Å²) in [5.74, 6) is 0.280. The van der Waals surface area contributed by atoms with Crippen molar-refractivity contribution >= 4 is 6.29 Å². The number of rotatable bonds is 3. The molecule has 0 amide bonds. The lowest BCUT2D eigenvalue weighted by atomic mass is 10.0. The minimum absolute atomic E-state index is 0.130. The Morgan fingerprint density at radius 3 is 3.10 bits per heavy atom. The highest BCUT2D eigenvalue weighted by Gasteiger charge is 2.27. The molecule has 1 fully saturated rings. The highest BCUT2D eigenvalue weighted by Crippen LogP contribution is 2.18. The lowest BCUT2D eigenvalue weighted by molar-refractivity contribution is -0.109. The van der Waals surface area contributed by atoms with Gasteiger partial charge in [0.15, 0.2) is 0 Å². The van der Waals surface area contributed by atoms with Crippen molar-refractivity contribution in [3.63, 3.8) is 0 Å². The Labute approximate surface area is 60.3 Å². The van der Waals surface area contributed by atoms with Crippen molar-refractivity contribution in [3.05, 3.63) is 0 Å². The maximum absolute atomic E-state index is 10.1. The van der Waals surface area contributed by atoms with Gasteiger partial charge < -0.3 is 14.3 Å². The van der Waals surface area contributed by atoms with Gasteiger partial charge in [0, 0.05) is 19.4 Å². The van der Waals surface area contributed by atoms with Crippen LogP contribution in [0.4, 0.5) is 0 Å². The summed E-state index contributed by atoms with van der Waals surface area (Å²) in [5, 5.41) is 0. The molecule has 0 unspecified atom stereocenters. The van der Waals surface area contributed by atoms with Crippen LogP contribution < -0.4 is 0 Å². The quantitative estimate of drug-likeness (QED) is 0.532. The van der Waals surface area contributed by atoms with Crippen LogP contribution in [0.25, 0.3) is 0 Å². The lowest BCUT2D eigenvalue weighted by Gasteiger charge is -2.11. The molecule has 0 aliphatic carbocycles. The molecule has 1 rings (SSSR count). The first-order valence-electron chi connectivity index (χ1n) is 3.42. The zero-order valence-electron chi connectivity index (χ0n) is 6.08. The number of hydrogen-bond donors (Lipinski definition) is 0. The predicted octanol–water partition coefficient (Wildman–Crippen LogP) is 0.237. The van der Waals surface area contributed by atoms with Crippen LogP contribution in [-0.4, -0.2) is 32.7 Å². The maximum Gasteiger partial charge on any atom is 0.120 e. The van der Waals surface area contributed by atoms with Gasteiger partial charge in [-0.15, -0.1) is 0 Å². The van der Waals surface area contributed by atoms with Gasteiger partial charge in [-0.3, -0.25) is 0 Å². The molecule has 10 heavy (non-hydrogen) atoms. The van der Waals surface area contributed by atoms with Crippen LogP contribution >= 0.6 is 0 Å². The van der Waals surface area contributed by atoms with E-state index in [1.165, 1.54) is 0 Å². The van der Waals surface area contributed by atoms with Crippen LogP contribution in [0.1, 0.15) is 6.42 Å². The highest BCUT2D eigenvalue weighted by atomic mass is 16.5. The summed E-state index contributed by atoms with van der Waals surface area (Å²) in [6, 6.07) is 0. The SMILES string of the molecule is CO[C@H]1COC[C@@H]1CC=O. The Hall–Kier alpha value is -0.410. The number of carbonyl (C=O) groups excluding carboxylic acids is 1. The molecule has 0 bridgehead atoms. The van der Waals surface area contributed by atoms with Crippen LogP contribution in [0.3, 0.4) is 0 Å². The van der Waals surface area contributed by atoms with Crippen molar-refractivity contribution in [2.45, 2.75) is 12.5 Å². The average Bonchev–Trinajstić information content (AvgIpc) is 2.36. The summed E-state index contributed by atoms with van der Waals surface area (Å²) < 4.78 is 10.2. The average molecular weight is 144 g/mol. The number of ether oxygens (including phenoxy) is 2. The van der Waals surface area contributed by atoms with E-state index >= 15 is 0 Å². The molecular weight excluding hydrogens is 132 g/mol. The van der Waals surface area contributed by atoms with E-state index in [1.807, 2.05) is 0 Å². The standard InChI is InChI=1S/C7H12O3/c1-9-7-5-10-4-6(7)2-3-8/h3,6-7H,2,4-5H2,1H3/t6-,7-/m0/s1.